The molecule has 12 nitrogen and oxygen atoms in total. The Bertz CT molecular complexity index is 871. The highest BCUT2D eigenvalue weighted by Crippen LogP contribution is 2.26. The van der Waals surface area contributed by atoms with Crippen LogP contribution in [0.4, 0.5) is 0 Å². The number of amides is 3. The molecule has 5 atom stereocenters. The minimum absolute atomic E-state index is 0.0675. The normalized spacial score (nSPS) is 18.2. The molecule has 1 aromatic heterocycles. The zero-order valence-corrected chi connectivity index (χ0v) is 21.9. The van der Waals surface area contributed by atoms with Crippen molar-refractivity contribution in [2.45, 2.75) is 102 Å². The highest BCUT2D eigenvalue weighted by molar-refractivity contribution is 5.95. The maximum atomic E-state index is 13.2. The summed E-state index contributed by atoms with van der Waals surface area (Å²) < 4.78 is 0. The molecular weight excluding hydrogens is 478 g/mol. The number of Topliss-reactive ketones (excluding diaryl/α,β-unsaturated/α-hetero) is 1. The van der Waals surface area contributed by atoms with Crippen LogP contribution in [0.2, 0.25) is 0 Å². The van der Waals surface area contributed by atoms with E-state index >= 15 is 0 Å². The molecule has 0 aliphatic heterocycles. The number of rotatable bonds is 15. The fourth-order valence-electron chi connectivity index (χ4n) is 4.66. The number of aliphatic hydroxyl groups is 1. The maximum absolute atomic E-state index is 13.2. The number of aromatic amines is 1. The van der Waals surface area contributed by atoms with E-state index in [0.29, 0.717) is 5.69 Å². The Morgan fingerprint density at radius 1 is 1.11 bits per heavy atom. The zero-order valence-electron chi connectivity index (χ0n) is 21.9. The Labute approximate surface area is 218 Å². The van der Waals surface area contributed by atoms with E-state index in [9.17, 15) is 24.3 Å². The number of carbonyl (C=O) groups is 4. The number of hydrogen-bond donors (Lipinski definition) is 7. The molecule has 1 fully saturated rings. The summed E-state index contributed by atoms with van der Waals surface area (Å²) in [6.45, 7) is 3.21. The van der Waals surface area contributed by atoms with Crippen LogP contribution in [0.3, 0.4) is 0 Å². The van der Waals surface area contributed by atoms with E-state index in [4.69, 9.17) is 11.5 Å². The molecule has 0 bridgehead atoms. The molecule has 1 aliphatic rings. The van der Waals surface area contributed by atoms with Crippen LogP contribution in [0.15, 0.2) is 12.5 Å². The molecule has 2 unspecified atom stereocenters. The molecule has 12 heteroatoms. The van der Waals surface area contributed by atoms with E-state index in [-0.39, 0.29) is 55.9 Å². The third-order valence-corrected chi connectivity index (χ3v) is 6.87. The van der Waals surface area contributed by atoms with Crippen molar-refractivity contribution >= 4 is 23.5 Å². The molecule has 0 radical (unpaired) electrons. The van der Waals surface area contributed by atoms with Crippen LogP contribution >= 0.6 is 0 Å². The van der Waals surface area contributed by atoms with Gasteiger partial charge >= 0.3 is 0 Å². The fourth-order valence-corrected chi connectivity index (χ4v) is 4.66. The number of H-pyrrole nitrogens is 1. The Balaban J connectivity index is 2.09. The van der Waals surface area contributed by atoms with Gasteiger partial charge in [-0.05, 0) is 38.6 Å². The summed E-state index contributed by atoms with van der Waals surface area (Å²) in [7, 11) is 0. The highest BCUT2D eigenvalue weighted by Gasteiger charge is 2.32. The van der Waals surface area contributed by atoms with E-state index < -0.39 is 36.0 Å². The number of ketones is 1. The number of nitrogens with zero attached hydrogens (tertiary/aromatic N) is 1. The first-order valence-electron chi connectivity index (χ1n) is 13.2. The van der Waals surface area contributed by atoms with Crippen LogP contribution in [-0.4, -0.2) is 75.4 Å². The summed E-state index contributed by atoms with van der Waals surface area (Å²) in [6.07, 6.45) is 7.74. The monoisotopic (exact) mass is 521 g/mol. The smallest absolute Gasteiger partial charge is 0.245 e. The van der Waals surface area contributed by atoms with Crippen molar-refractivity contribution in [3.8, 4) is 0 Å². The van der Waals surface area contributed by atoms with Crippen molar-refractivity contribution in [3.63, 3.8) is 0 Å². The summed E-state index contributed by atoms with van der Waals surface area (Å²) in [6, 6.07) is -3.52. The minimum Gasteiger partial charge on any atom is -0.391 e. The first kappa shape index (κ1) is 30.4. The van der Waals surface area contributed by atoms with Crippen molar-refractivity contribution in [1.82, 2.24) is 25.9 Å². The lowest BCUT2D eigenvalue weighted by molar-refractivity contribution is -0.135. The molecule has 0 spiro atoms. The predicted octanol–water partition coefficient (Wildman–Crippen LogP) is -0.587. The van der Waals surface area contributed by atoms with Gasteiger partial charge in [0.25, 0.3) is 0 Å². The average molecular weight is 522 g/mol. The summed E-state index contributed by atoms with van der Waals surface area (Å²) in [5, 5.41) is 18.1. The van der Waals surface area contributed by atoms with E-state index in [1.807, 2.05) is 0 Å². The van der Waals surface area contributed by atoms with Crippen LogP contribution in [0.25, 0.3) is 0 Å². The molecular formula is C25H43N7O5. The van der Waals surface area contributed by atoms with Gasteiger partial charge in [-0.1, -0.05) is 26.2 Å². The third kappa shape index (κ3) is 9.86. The lowest BCUT2D eigenvalue weighted by Crippen LogP contribution is -2.59. The second kappa shape index (κ2) is 15.4. The van der Waals surface area contributed by atoms with Crippen LogP contribution in [-0.2, 0) is 25.6 Å². The molecule has 1 aliphatic carbocycles. The van der Waals surface area contributed by atoms with Gasteiger partial charge in [0.05, 0.1) is 24.2 Å². The number of hydrogen-bond acceptors (Lipinski definition) is 8. The summed E-state index contributed by atoms with van der Waals surface area (Å²) in [5.41, 5.74) is 12.4. The van der Waals surface area contributed by atoms with Crippen LogP contribution < -0.4 is 27.4 Å². The van der Waals surface area contributed by atoms with Crippen LogP contribution in [0, 0.1) is 5.92 Å². The summed E-state index contributed by atoms with van der Waals surface area (Å²) >= 11 is 0. The SMILES string of the molecule is CCC(=O)[C@H](CCN)NC(=O)[C@@H](NC(=O)[C@H](Cc1c[nH]cn1)NC(=O)CC(N)C1CCCCC1)C(C)O. The minimum atomic E-state index is -1.35. The lowest BCUT2D eigenvalue weighted by Gasteiger charge is -2.28. The second-order valence-electron chi connectivity index (χ2n) is 9.84. The Kier molecular flexibility index (Phi) is 12.7. The van der Waals surface area contributed by atoms with Crippen LogP contribution in [0.5, 0.6) is 0 Å². The van der Waals surface area contributed by atoms with Crippen molar-refractivity contribution in [3.05, 3.63) is 18.2 Å². The molecule has 3 amide bonds. The summed E-state index contributed by atoms with van der Waals surface area (Å²) in [4.78, 5) is 58.1. The van der Waals surface area contributed by atoms with Gasteiger partial charge in [-0.3, -0.25) is 19.2 Å². The number of imidazole rings is 1. The highest BCUT2D eigenvalue weighted by atomic mass is 16.3. The Morgan fingerprint density at radius 2 is 1.81 bits per heavy atom. The number of nitrogens with one attached hydrogen (secondary N) is 4. The fraction of sp³-hybridized carbons (Fsp3) is 0.720. The van der Waals surface area contributed by atoms with Crippen molar-refractivity contribution in [1.29, 1.82) is 0 Å². The second-order valence-corrected chi connectivity index (χ2v) is 9.84. The van der Waals surface area contributed by atoms with E-state index in [0.717, 1.165) is 25.7 Å². The third-order valence-electron chi connectivity index (χ3n) is 6.87. The quantitative estimate of drug-likeness (QED) is 0.158. The van der Waals surface area contributed by atoms with Gasteiger partial charge < -0.3 is 37.5 Å². The number of aliphatic hydroxyl groups excluding tert-OH is 1. The Hall–Kier alpha value is -2.83. The van der Waals surface area contributed by atoms with Crippen molar-refractivity contribution in [2.24, 2.45) is 17.4 Å². The summed E-state index contributed by atoms with van der Waals surface area (Å²) in [5.74, 6) is -1.68. The van der Waals surface area contributed by atoms with Gasteiger partial charge in [-0.15, -0.1) is 0 Å². The Morgan fingerprint density at radius 3 is 2.38 bits per heavy atom. The van der Waals surface area contributed by atoms with Gasteiger partial charge in [0.2, 0.25) is 17.7 Å². The van der Waals surface area contributed by atoms with Gasteiger partial charge in [-0.25, -0.2) is 4.98 Å². The van der Waals surface area contributed by atoms with Crippen molar-refractivity contribution < 1.29 is 24.3 Å². The van der Waals surface area contributed by atoms with Crippen molar-refractivity contribution in [2.75, 3.05) is 6.54 Å². The molecule has 0 saturated heterocycles. The number of aromatic nitrogens is 2. The first-order valence-corrected chi connectivity index (χ1v) is 13.2. The molecule has 208 valence electrons. The number of carbonyl (C=O) groups excluding carboxylic acids is 4. The van der Waals surface area contributed by atoms with E-state index in [2.05, 4.69) is 25.9 Å². The lowest BCUT2D eigenvalue weighted by atomic mass is 9.83. The maximum Gasteiger partial charge on any atom is 0.245 e. The molecule has 2 rings (SSSR count). The van der Waals surface area contributed by atoms with E-state index in [1.165, 1.54) is 19.7 Å². The largest absolute Gasteiger partial charge is 0.391 e. The van der Waals surface area contributed by atoms with Gasteiger partial charge in [0.15, 0.2) is 5.78 Å². The molecule has 9 N–H and O–H groups in total. The van der Waals surface area contributed by atoms with E-state index in [1.54, 1.807) is 13.1 Å². The van der Waals surface area contributed by atoms with Gasteiger partial charge in [0, 0.05) is 31.5 Å². The van der Waals surface area contributed by atoms with Gasteiger partial charge in [0.1, 0.15) is 12.1 Å². The standard InChI is InChI=1S/C25H43N7O5/c1-3-21(34)19(9-10-26)31-25(37)23(15(2)33)32-24(36)20(11-17-13-28-14-29-17)30-22(35)12-18(27)16-7-5-4-6-8-16/h13-16,18-20,23,33H,3-12,26-27H2,1-2H3,(H,28,29)(H,30,35)(H,31,37)(H,32,36)/t15?,18?,19-,20-,23-/m0/s1. The van der Waals surface area contributed by atoms with Crippen LogP contribution in [0.1, 0.15) is 70.9 Å². The molecule has 37 heavy (non-hydrogen) atoms. The average Bonchev–Trinajstić information content (AvgIpc) is 3.39. The number of nitrogens with two attached hydrogens (primary N) is 2. The predicted molar refractivity (Wildman–Crippen MR) is 138 cm³/mol. The molecule has 1 heterocycles. The topological polar surface area (TPSA) is 205 Å². The molecule has 1 saturated carbocycles. The molecule has 1 aromatic rings. The molecule has 0 aromatic carbocycles. The van der Waals surface area contributed by atoms with Gasteiger partial charge in [-0.2, -0.15) is 0 Å². The zero-order chi connectivity index (χ0) is 27.4. The first-order chi connectivity index (χ1) is 17.7.